The van der Waals surface area contributed by atoms with E-state index in [2.05, 4.69) is 5.32 Å². The van der Waals surface area contributed by atoms with Gasteiger partial charge in [0.2, 0.25) is 0 Å². The third kappa shape index (κ3) is 3.31. The van der Waals surface area contributed by atoms with Gasteiger partial charge in [0.25, 0.3) is 17.7 Å². The van der Waals surface area contributed by atoms with E-state index in [-0.39, 0.29) is 35.4 Å². The van der Waals surface area contributed by atoms with E-state index in [1.807, 2.05) is 37.3 Å². The van der Waals surface area contributed by atoms with Crippen molar-refractivity contribution in [3.8, 4) is 0 Å². The van der Waals surface area contributed by atoms with Crippen molar-refractivity contribution in [2.75, 3.05) is 13.2 Å². The lowest BCUT2D eigenvalue weighted by Crippen LogP contribution is -2.32. The molecule has 0 aliphatic carbocycles. The van der Waals surface area contributed by atoms with Gasteiger partial charge >= 0.3 is 0 Å². The fourth-order valence-corrected chi connectivity index (χ4v) is 3.75. The number of hydrogen-bond donors (Lipinski definition) is 1. The Morgan fingerprint density at radius 2 is 1.89 bits per heavy atom. The quantitative estimate of drug-likeness (QED) is 0.812. The zero-order valence-corrected chi connectivity index (χ0v) is 15.7. The number of benzene rings is 2. The molecule has 6 nitrogen and oxygen atoms in total. The molecule has 0 aromatic heterocycles. The standard InChI is InChI=1S/C22H22N2O4/c1-14(15-6-3-2-4-7-15)24-21(26)18-10-9-16(12-19(18)22(24)27)20(25)23-13-17-8-5-11-28-17/h2-4,6-7,9-10,12,14,17H,5,8,11,13H2,1H3,(H,23,25)/t14-,17+/m0/s1. The van der Waals surface area contributed by atoms with E-state index in [0.717, 1.165) is 25.0 Å². The molecular weight excluding hydrogens is 356 g/mol. The highest BCUT2D eigenvalue weighted by Crippen LogP contribution is 2.31. The van der Waals surface area contributed by atoms with Crippen molar-refractivity contribution in [3.63, 3.8) is 0 Å². The van der Waals surface area contributed by atoms with Crippen LogP contribution in [-0.2, 0) is 4.74 Å². The van der Waals surface area contributed by atoms with Crippen LogP contribution in [0.15, 0.2) is 48.5 Å². The Kier molecular flexibility index (Phi) is 4.96. The summed E-state index contributed by atoms with van der Waals surface area (Å²) in [4.78, 5) is 39.4. The third-order valence-electron chi connectivity index (χ3n) is 5.36. The molecule has 4 rings (SSSR count). The predicted molar refractivity (Wildman–Crippen MR) is 103 cm³/mol. The van der Waals surface area contributed by atoms with E-state index in [1.54, 1.807) is 12.1 Å². The van der Waals surface area contributed by atoms with Gasteiger partial charge < -0.3 is 10.1 Å². The van der Waals surface area contributed by atoms with Crippen LogP contribution in [0.4, 0.5) is 0 Å². The second-order valence-electron chi connectivity index (χ2n) is 7.17. The average molecular weight is 378 g/mol. The molecule has 2 heterocycles. The Morgan fingerprint density at radius 1 is 1.14 bits per heavy atom. The number of fused-ring (bicyclic) bond motifs is 1. The summed E-state index contributed by atoms with van der Waals surface area (Å²) in [6.07, 6.45) is 1.98. The lowest BCUT2D eigenvalue weighted by atomic mass is 10.1. The molecule has 2 aliphatic rings. The van der Waals surface area contributed by atoms with Crippen molar-refractivity contribution in [1.29, 1.82) is 0 Å². The molecule has 2 atom stereocenters. The molecule has 3 amide bonds. The fourth-order valence-electron chi connectivity index (χ4n) is 3.75. The van der Waals surface area contributed by atoms with Crippen LogP contribution in [0.2, 0.25) is 0 Å². The molecule has 1 saturated heterocycles. The number of carbonyl (C=O) groups excluding carboxylic acids is 3. The number of hydrogen-bond acceptors (Lipinski definition) is 4. The maximum absolute atomic E-state index is 12.9. The van der Waals surface area contributed by atoms with E-state index in [4.69, 9.17) is 4.74 Å². The Hall–Kier alpha value is -2.99. The number of ether oxygens (including phenoxy) is 1. The summed E-state index contributed by atoms with van der Waals surface area (Å²) in [5, 5.41) is 2.84. The van der Waals surface area contributed by atoms with Crippen LogP contribution in [0.1, 0.15) is 62.4 Å². The van der Waals surface area contributed by atoms with Gasteiger partial charge in [-0.25, -0.2) is 0 Å². The summed E-state index contributed by atoms with van der Waals surface area (Å²) < 4.78 is 5.51. The molecule has 2 aromatic rings. The van der Waals surface area contributed by atoms with E-state index >= 15 is 0 Å². The van der Waals surface area contributed by atoms with Crippen molar-refractivity contribution < 1.29 is 19.1 Å². The molecule has 144 valence electrons. The molecule has 0 radical (unpaired) electrons. The average Bonchev–Trinajstić information content (AvgIpc) is 3.33. The van der Waals surface area contributed by atoms with E-state index in [1.165, 1.54) is 11.0 Å². The van der Waals surface area contributed by atoms with Crippen LogP contribution in [0, 0.1) is 0 Å². The van der Waals surface area contributed by atoms with Crippen molar-refractivity contribution in [1.82, 2.24) is 10.2 Å². The molecule has 0 saturated carbocycles. The van der Waals surface area contributed by atoms with Crippen LogP contribution >= 0.6 is 0 Å². The number of nitrogens with zero attached hydrogens (tertiary/aromatic N) is 1. The lowest BCUT2D eigenvalue weighted by molar-refractivity contribution is 0.0595. The van der Waals surface area contributed by atoms with Gasteiger partial charge in [-0.1, -0.05) is 30.3 Å². The summed E-state index contributed by atoms with van der Waals surface area (Å²) in [6.45, 7) is 3.00. The highest BCUT2D eigenvalue weighted by molar-refractivity contribution is 6.22. The van der Waals surface area contributed by atoms with Crippen molar-refractivity contribution in [2.24, 2.45) is 0 Å². The summed E-state index contributed by atoms with van der Waals surface area (Å²) in [5.74, 6) is -0.971. The number of carbonyl (C=O) groups is 3. The minimum atomic E-state index is -0.384. The topological polar surface area (TPSA) is 75.7 Å². The SMILES string of the molecule is C[C@@H](c1ccccc1)N1C(=O)c2ccc(C(=O)NC[C@H]3CCCO3)cc2C1=O. The minimum Gasteiger partial charge on any atom is -0.376 e. The first-order valence-electron chi connectivity index (χ1n) is 9.53. The second kappa shape index (κ2) is 7.56. The van der Waals surface area contributed by atoms with E-state index in [9.17, 15) is 14.4 Å². The van der Waals surface area contributed by atoms with Gasteiger partial charge in [0.1, 0.15) is 0 Å². The molecular formula is C22H22N2O4. The van der Waals surface area contributed by atoms with Crippen LogP contribution < -0.4 is 5.32 Å². The fraction of sp³-hybridized carbons (Fsp3) is 0.318. The molecule has 1 fully saturated rings. The van der Waals surface area contributed by atoms with Gasteiger partial charge in [0.15, 0.2) is 0 Å². The van der Waals surface area contributed by atoms with Gasteiger partial charge in [-0.3, -0.25) is 19.3 Å². The van der Waals surface area contributed by atoms with Gasteiger partial charge in [-0.05, 0) is 43.5 Å². The molecule has 2 aliphatic heterocycles. The van der Waals surface area contributed by atoms with Crippen molar-refractivity contribution in [2.45, 2.75) is 31.9 Å². The van der Waals surface area contributed by atoms with Crippen LogP contribution in [0.25, 0.3) is 0 Å². The molecule has 1 N–H and O–H groups in total. The molecule has 2 aromatic carbocycles. The first kappa shape index (κ1) is 18.4. The zero-order valence-electron chi connectivity index (χ0n) is 15.7. The smallest absolute Gasteiger partial charge is 0.262 e. The molecule has 0 spiro atoms. The van der Waals surface area contributed by atoms with E-state index < -0.39 is 0 Å². The second-order valence-corrected chi connectivity index (χ2v) is 7.17. The Bertz CT molecular complexity index is 919. The Labute approximate surface area is 163 Å². The molecule has 28 heavy (non-hydrogen) atoms. The first-order chi connectivity index (χ1) is 13.6. The van der Waals surface area contributed by atoms with Crippen LogP contribution in [0.5, 0.6) is 0 Å². The Balaban J connectivity index is 1.52. The molecule has 0 unspecified atom stereocenters. The zero-order chi connectivity index (χ0) is 19.7. The summed E-state index contributed by atoms with van der Waals surface area (Å²) in [6, 6.07) is 13.7. The first-order valence-corrected chi connectivity index (χ1v) is 9.53. The maximum atomic E-state index is 12.9. The highest BCUT2D eigenvalue weighted by atomic mass is 16.5. The number of imide groups is 1. The van der Waals surface area contributed by atoms with E-state index in [0.29, 0.717) is 17.7 Å². The number of amides is 3. The largest absolute Gasteiger partial charge is 0.376 e. The maximum Gasteiger partial charge on any atom is 0.262 e. The van der Waals surface area contributed by atoms with Gasteiger partial charge in [-0.2, -0.15) is 0 Å². The monoisotopic (exact) mass is 378 g/mol. The van der Waals surface area contributed by atoms with Crippen molar-refractivity contribution in [3.05, 3.63) is 70.8 Å². The van der Waals surface area contributed by atoms with Gasteiger partial charge in [-0.15, -0.1) is 0 Å². The summed E-state index contributed by atoms with van der Waals surface area (Å²) in [7, 11) is 0. The number of rotatable bonds is 5. The predicted octanol–water partition coefficient (Wildman–Crippen LogP) is 2.95. The summed E-state index contributed by atoms with van der Waals surface area (Å²) in [5.41, 5.74) is 1.86. The normalized spacial score (nSPS) is 19.6. The van der Waals surface area contributed by atoms with Gasteiger partial charge in [0, 0.05) is 18.7 Å². The minimum absolute atomic E-state index is 0.0452. The number of nitrogens with one attached hydrogen (secondary N) is 1. The lowest BCUT2D eigenvalue weighted by Gasteiger charge is -2.22. The van der Waals surface area contributed by atoms with Gasteiger partial charge in [0.05, 0.1) is 23.3 Å². The highest BCUT2D eigenvalue weighted by Gasteiger charge is 2.39. The summed E-state index contributed by atoms with van der Waals surface area (Å²) >= 11 is 0. The van der Waals surface area contributed by atoms with Crippen LogP contribution in [-0.4, -0.2) is 41.9 Å². The van der Waals surface area contributed by atoms with Crippen molar-refractivity contribution >= 4 is 17.7 Å². The molecule has 0 bridgehead atoms. The van der Waals surface area contributed by atoms with Crippen LogP contribution in [0.3, 0.4) is 0 Å². The Morgan fingerprint density at radius 3 is 2.61 bits per heavy atom. The third-order valence-corrected chi connectivity index (χ3v) is 5.36. The molecule has 6 heteroatoms.